The van der Waals surface area contributed by atoms with E-state index in [4.69, 9.17) is 0 Å². The molecule has 0 atom stereocenters. The van der Waals surface area contributed by atoms with Crippen LogP contribution in [-0.2, 0) is 10.0 Å². The van der Waals surface area contributed by atoms with E-state index >= 15 is 0 Å². The number of benzene rings is 1. The van der Waals surface area contributed by atoms with E-state index in [9.17, 15) is 8.42 Å². The lowest BCUT2D eigenvalue weighted by Gasteiger charge is -2.23. The fourth-order valence-electron chi connectivity index (χ4n) is 1.76. The van der Waals surface area contributed by atoms with Gasteiger partial charge >= 0.3 is 0 Å². The van der Waals surface area contributed by atoms with Gasteiger partial charge in [-0.25, -0.2) is 8.42 Å². The summed E-state index contributed by atoms with van der Waals surface area (Å²) in [7, 11) is -3.17. The lowest BCUT2D eigenvalue weighted by atomic mass is 10.2. The molecule has 0 bridgehead atoms. The number of anilines is 1. The van der Waals surface area contributed by atoms with Gasteiger partial charge in [-0.15, -0.1) is 0 Å². The first kappa shape index (κ1) is 14.0. The van der Waals surface area contributed by atoms with Gasteiger partial charge in [0.05, 0.1) is 11.4 Å². The van der Waals surface area contributed by atoms with E-state index in [0.29, 0.717) is 13.0 Å². The molecule has 0 amide bonds. The maximum absolute atomic E-state index is 12.2. The van der Waals surface area contributed by atoms with E-state index in [1.807, 2.05) is 45.0 Å². The van der Waals surface area contributed by atoms with Gasteiger partial charge in [-0.2, -0.15) is 0 Å². The third-order valence-corrected chi connectivity index (χ3v) is 4.61. The van der Waals surface area contributed by atoms with E-state index in [1.54, 1.807) is 0 Å². The van der Waals surface area contributed by atoms with Gasteiger partial charge in [-0.05, 0) is 38.0 Å². The molecule has 17 heavy (non-hydrogen) atoms. The number of rotatable bonds is 6. The van der Waals surface area contributed by atoms with Gasteiger partial charge in [0, 0.05) is 6.54 Å². The van der Waals surface area contributed by atoms with Crippen molar-refractivity contribution >= 4 is 15.7 Å². The van der Waals surface area contributed by atoms with Crippen LogP contribution in [0.5, 0.6) is 0 Å². The summed E-state index contributed by atoms with van der Waals surface area (Å²) in [6, 6.07) is 7.62. The van der Waals surface area contributed by atoms with Crippen molar-refractivity contribution in [2.45, 2.75) is 33.6 Å². The molecule has 1 aromatic carbocycles. The third-order valence-electron chi connectivity index (χ3n) is 2.67. The van der Waals surface area contributed by atoms with Gasteiger partial charge in [-0.1, -0.05) is 25.5 Å². The molecule has 0 fully saturated rings. The molecule has 0 aliphatic heterocycles. The molecule has 0 N–H and O–H groups in total. The summed E-state index contributed by atoms with van der Waals surface area (Å²) in [5, 5.41) is 0. The quantitative estimate of drug-likeness (QED) is 0.783. The minimum Gasteiger partial charge on any atom is -0.271 e. The first-order valence-electron chi connectivity index (χ1n) is 6.08. The number of aryl methyl sites for hydroxylation is 1. The molecule has 1 rings (SSSR count). The average Bonchev–Trinajstić information content (AvgIpc) is 2.27. The average molecular weight is 255 g/mol. The van der Waals surface area contributed by atoms with E-state index in [-0.39, 0.29) is 5.75 Å². The van der Waals surface area contributed by atoms with Crippen LogP contribution in [0.1, 0.15) is 32.3 Å². The molecule has 0 aliphatic rings. The number of sulfonamides is 1. The molecule has 96 valence electrons. The minimum absolute atomic E-state index is 0.227. The molecule has 0 saturated carbocycles. The van der Waals surface area contributed by atoms with Gasteiger partial charge in [0.15, 0.2) is 0 Å². The van der Waals surface area contributed by atoms with Crippen LogP contribution >= 0.6 is 0 Å². The highest BCUT2D eigenvalue weighted by Crippen LogP contribution is 2.20. The SMILES string of the molecule is CCCCS(=O)(=O)N(CC)c1cccc(C)c1. The fraction of sp³-hybridized carbons (Fsp3) is 0.538. The largest absolute Gasteiger partial charge is 0.271 e. The van der Waals surface area contributed by atoms with Crippen molar-refractivity contribution in [1.29, 1.82) is 0 Å². The van der Waals surface area contributed by atoms with Crippen LogP contribution in [0.2, 0.25) is 0 Å². The summed E-state index contributed by atoms with van der Waals surface area (Å²) in [5.41, 5.74) is 1.84. The van der Waals surface area contributed by atoms with E-state index in [2.05, 4.69) is 0 Å². The second-order valence-electron chi connectivity index (χ2n) is 4.17. The summed E-state index contributed by atoms with van der Waals surface area (Å²) in [6.07, 6.45) is 1.61. The Balaban J connectivity index is 2.99. The topological polar surface area (TPSA) is 37.4 Å². The van der Waals surface area contributed by atoms with Crippen LogP contribution in [0.3, 0.4) is 0 Å². The number of hydrogen-bond donors (Lipinski definition) is 0. The van der Waals surface area contributed by atoms with E-state index in [0.717, 1.165) is 17.7 Å². The summed E-state index contributed by atoms with van der Waals surface area (Å²) in [4.78, 5) is 0. The maximum Gasteiger partial charge on any atom is 0.235 e. The lowest BCUT2D eigenvalue weighted by Crippen LogP contribution is -2.32. The minimum atomic E-state index is -3.17. The highest BCUT2D eigenvalue weighted by molar-refractivity contribution is 7.92. The van der Waals surface area contributed by atoms with Crippen molar-refractivity contribution in [3.05, 3.63) is 29.8 Å². The molecule has 0 aliphatic carbocycles. The van der Waals surface area contributed by atoms with Gasteiger partial charge < -0.3 is 0 Å². The Bertz CT molecular complexity index is 454. The molecule has 0 radical (unpaired) electrons. The molecular weight excluding hydrogens is 234 g/mol. The van der Waals surface area contributed by atoms with Crippen LogP contribution in [-0.4, -0.2) is 20.7 Å². The Morgan fingerprint density at radius 2 is 1.94 bits per heavy atom. The Hall–Kier alpha value is -1.03. The van der Waals surface area contributed by atoms with Crippen molar-refractivity contribution in [2.24, 2.45) is 0 Å². The fourth-order valence-corrected chi connectivity index (χ4v) is 3.46. The molecular formula is C13H21NO2S. The second-order valence-corrected chi connectivity index (χ2v) is 6.19. The molecule has 3 nitrogen and oxygen atoms in total. The van der Waals surface area contributed by atoms with E-state index < -0.39 is 10.0 Å². The number of nitrogens with zero attached hydrogens (tertiary/aromatic N) is 1. The standard InChI is InChI=1S/C13H21NO2S/c1-4-6-10-17(15,16)14(5-2)13-9-7-8-12(3)11-13/h7-9,11H,4-6,10H2,1-3H3. The Morgan fingerprint density at radius 3 is 2.47 bits per heavy atom. The summed E-state index contributed by atoms with van der Waals surface area (Å²) in [6.45, 7) is 6.32. The van der Waals surface area contributed by atoms with Crippen LogP contribution in [0.25, 0.3) is 0 Å². The Morgan fingerprint density at radius 1 is 1.24 bits per heavy atom. The zero-order chi connectivity index (χ0) is 12.9. The van der Waals surface area contributed by atoms with Crippen LogP contribution in [0, 0.1) is 6.92 Å². The maximum atomic E-state index is 12.2. The molecule has 0 aromatic heterocycles. The van der Waals surface area contributed by atoms with Crippen molar-refractivity contribution in [2.75, 3.05) is 16.6 Å². The highest BCUT2D eigenvalue weighted by atomic mass is 32.2. The molecule has 0 saturated heterocycles. The summed E-state index contributed by atoms with van der Waals surface area (Å²) >= 11 is 0. The predicted molar refractivity (Wildman–Crippen MR) is 72.9 cm³/mol. The molecule has 1 aromatic rings. The Kier molecular flexibility index (Phi) is 5.00. The zero-order valence-corrected chi connectivity index (χ0v) is 11.6. The van der Waals surface area contributed by atoms with Gasteiger partial charge in [0.2, 0.25) is 10.0 Å². The lowest BCUT2D eigenvalue weighted by molar-refractivity contribution is 0.588. The van der Waals surface area contributed by atoms with Crippen LogP contribution in [0.4, 0.5) is 5.69 Å². The molecule has 0 heterocycles. The van der Waals surface area contributed by atoms with Crippen molar-refractivity contribution in [1.82, 2.24) is 0 Å². The highest BCUT2D eigenvalue weighted by Gasteiger charge is 2.19. The van der Waals surface area contributed by atoms with Crippen molar-refractivity contribution < 1.29 is 8.42 Å². The molecule has 4 heteroatoms. The van der Waals surface area contributed by atoms with Gasteiger partial charge in [0.25, 0.3) is 0 Å². The van der Waals surface area contributed by atoms with Crippen molar-refractivity contribution in [3.63, 3.8) is 0 Å². The summed E-state index contributed by atoms with van der Waals surface area (Å²) < 4.78 is 25.8. The second kappa shape index (κ2) is 6.05. The molecule has 0 unspecified atom stereocenters. The molecule has 0 spiro atoms. The summed E-state index contributed by atoms with van der Waals surface area (Å²) in [5.74, 6) is 0.227. The van der Waals surface area contributed by atoms with Crippen molar-refractivity contribution in [3.8, 4) is 0 Å². The zero-order valence-electron chi connectivity index (χ0n) is 10.8. The van der Waals surface area contributed by atoms with Gasteiger partial charge in [-0.3, -0.25) is 4.31 Å². The van der Waals surface area contributed by atoms with Crippen LogP contribution < -0.4 is 4.31 Å². The van der Waals surface area contributed by atoms with E-state index in [1.165, 1.54) is 4.31 Å². The first-order valence-corrected chi connectivity index (χ1v) is 7.69. The first-order chi connectivity index (χ1) is 8.01. The van der Waals surface area contributed by atoms with Gasteiger partial charge in [0.1, 0.15) is 0 Å². The smallest absolute Gasteiger partial charge is 0.235 e. The third kappa shape index (κ3) is 3.73. The van der Waals surface area contributed by atoms with Crippen LogP contribution in [0.15, 0.2) is 24.3 Å². The monoisotopic (exact) mass is 255 g/mol. The predicted octanol–water partition coefficient (Wildman–Crippen LogP) is 2.95. The number of hydrogen-bond acceptors (Lipinski definition) is 2. The number of unbranched alkanes of at least 4 members (excludes halogenated alkanes) is 1. The normalized spacial score (nSPS) is 11.5. The Labute approximate surface area is 105 Å².